The number of anilines is 1. The van der Waals surface area contributed by atoms with Crippen LogP contribution in [0.3, 0.4) is 0 Å². The van der Waals surface area contributed by atoms with Crippen molar-refractivity contribution >= 4 is 12.0 Å². The lowest BCUT2D eigenvalue weighted by molar-refractivity contribution is -0.108. The summed E-state index contributed by atoms with van der Waals surface area (Å²) < 4.78 is 5.28. The minimum Gasteiger partial charge on any atom is -0.496 e. The highest BCUT2D eigenvalue weighted by Gasteiger charge is 2.19. The van der Waals surface area contributed by atoms with E-state index in [1.807, 2.05) is 6.07 Å². The molecule has 0 atom stereocenters. The highest BCUT2D eigenvalue weighted by molar-refractivity contribution is 5.53. The van der Waals surface area contributed by atoms with Crippen LogP contribution < -0.4 is 9.64 Å². The van der Waals surface area contributed by atoms with Gasteiger partial charge in [0.2, 0.25) is 0 Å². The van der Waals surface area contributed by atoms with Crippen LogP contribution in [-0.4, -0.2) is 26.5 Å². The van der Waals surface area contributed by atoms with Crippen molar-refractivity contribution in [2.45, 2.75) is 26.2 Å². The Morgan fingerprint density at radius 3 is 2.67 bits per heavy atom. The lowest BCUT2D eigenvalue weighted by atomic mass is 9.94. The van der Waals surface area contributed by atoms with E-state index in [4.69, 9.17) is 4.74 Å². The molecule has 3 heteroatoms. The summed E-state index contributed by atoms with van der Waals surface area (Å²) in [4.78, 5) is 12.9. The van der Waals surface area contributed by atoms with Crippen molar-refractivity contribution in [2.24, 2.45) is 5.92 Å². The normalized spacial score (nSPS) is 16.7. The second-order valence-electron chi connectivity index (χ2n) is 4.99. The smallest absolute Gasteiger partial charge is 0.121 e. The molecule has 1 aromatic rings. The van der Waals surface area contributed by atoms with Gasteiger partial charge in [0.1, 0.15) is 12.0 Å². The number of rotatable bonds is 4. The molecule has 3 nitrogen and oxygen atoms in total. The van der Waals surface area contributed by atoms with Crippen LogP contribution in [0.2, 0.25) is 0 Å². The van der Waals surface area contributed by atoms with E-state index in [2.05, 4.69) is 24.0 Å². The Hall–Kier alpha value is -1.51. The highest BCUT2D eigenvalue weighted by atomic mass is 16.5. The molecule has 0 bridgehead atoms. The summed E-state index contributed by atoms with van der Waals surface area (Å²) >= 11 is 0. The van der Waals surface area contributed by atoms with Crippen LogP contribution >= 0.6 is 0 Å². The number of ether oxygens (including phenoxy) is 1. The minimum absolute atomic E-state index is 0.582. The first kappa shape index (κ1) is 12.9. The zero-order chi connectivity index (χ0) is 13.0. The Bertz CT molecular complexity index is 409. The molecule has 0 aromatic heterocycles. The summed E-state index contributed by atoms with van der Waals surface area (Å²) in [7, 11) is 1.70. The number of carbonyl (C=O) groups is 1. The molecule has 0 unspecified atom stereocenters. The summed E-state index contributed by atoms with van der Waals surface area (Å²) in [6.07, 6.45) is 4.00. The van der Waals surface area contributed by atoms with Gasteiger partial charge in [0.15, 0.2) is 0 Å². The zero-order valence-corrected chi connectivity index (χ0v) is 11.2. The van der Waals surface area contributed by atoms with Crippen LogP contribution in [0.1, 0.15) is 24.8 Å². The molecule has 0 aliphatic carbocycles. The first-order chi connectivity index (χ1) is 8.74. The maximum Gasteiger partial charge on any atom is 0.121 e. The number of benzene rings is 1. The molecule has 1 aliphatic heterocycles. The fourth-order valence-corrected chi connectivity index (χ4v) is 2.62. The third-order valence-electron chi connectivity index (χ3n) is 3.79. The summed E-state index contributed by atoms with van der Waals surface area (Å²) in [6, 6.07) is 6.33. The van der Waals surface area contributed by atoms with E-state index in [0.717, 1.165) is 44.4 Å². The standard InChI is InChI=1S/C15H21NO2/c1-12-11-14(3-4-15(12)18-2)16-8-5-13(6-9-16)7-10-17/h3-4,10-11,13H,5-9H2,1-2H3. The molecule has 0 saturated carbocycles. The van der Waals surface area contributed by atoms with Gasteiger partial charge in [0.05, 0.1) is 7.11 Å². The predicted molar refractivity (Wildman–Crippen MR) is 73.3 cm³/mol. The zero-order valence-electron chi connectivity index (χ0n) is 11.2. The maximum atomic E-state index is 10.5. The number of nitrogens with zero attached hydrogens (tertiary/aromatic N) is 1. The topological polar surface area (TPSA) is 29.5 Å². The fourth-order valence-electron chi connectivity index (χ4n) is 2.62. The maximum absolute atomic E-state index is 10.5. The molecule has 2 rings (SSSR count). The SMILES string of the molecule is COc1ccc(N2CCC(CC=O)CC2)cc1C. The van der Waals surface area contributed by atoms with Gasteiger partial charge in [0.25, 0.3) is 0 Å². The van der Waals surface area contributed by atoms with E-state index in [-0.39, 0.29) is 0 Å². The average molecular weight is 247 g/mol. The Morgan fingerprint density at radius 2 is 2.11 bits per heavy atom. The quantitative estimate of drug-likeness (QED) is 0.766. The van der Waals surface area contributed by atoms with E-state index >= 15 is 0 Å². The second-order valence-corrected chi connectivity index (χ2v) is 4.99. The van der Waals surface area contributed by atoms with E-state index in [1.54, 1.807) is 7.11 Å². The molecule has 0 radical (unpaired) electrons. The number of aryl methyl sites for hydroxylation is 1. The van der Waals surface area contributed by atoms with Crippen LogP contribution in [0.25, 0.3) is 0 Å². The van der Waals surface area contributed by atoms with Gasteiger partial charge in [-0.2, -0.15) is 0 Å². The Morgan fingerprint density at radius 1 is 1.39 bits per heavy atom. The summed E-state index contributed by atoms with van der Waals surface area (Å²) in [6.45, 7) is 4.16. The second kappa shape index (κ2) is 5.89. The third-order valence-corrected chi connectivity index (χ3v) is 3.79. The number of hydrogen-bond donors (Lipinski definition) is 0. The highest BCUT2D eigenvalue weighted by Crippen LogP contribution is 2.28. The van der Waals surface area contributed by atoms with Gasteiger partial charge in [-0.05, 0) is 49.4 Å². The van der Waals surface area contributed by atoms with Gasteiger partial charge in [-0.1, -0.05) is 0 Å². The Balaban J connectivity index is 2.01. The first-order valence-electron chi connectivity index (χ1n) is 6.58. The summed E-state index contributed by atoms with van der Waals surface area (Å²) in [5, 5.41) is 0. The van der Waals surface area contributed by atoms with Gasteiger partial charge < -0.3 is 14.4 Å². The van der Waals surface area contributed by atoms with E-state index in [9.17, 15) is 4.79 Å². The predicted octanol–water partition coefficient (Wildman–Crippen LogP) is 2.81. The van der Waals surface area contributed by atoms with Crippen molar-refractivity contribution < 1.29 is 9.53 Å². The molecule has 18 heavy (non-hydrogen) atoms. The molecule has 1 saturated heterocycles. The Kier molecular flexibility index (Phi) is 4.24. The molecular formula is C15H21NO2. The molecule has 1 fully saturated rings. The van der Waals surface area contributed by atoms with Gasteiger partial charge in [-0.15, -0.1) is 0 Å². The number of carbonyl (C=O) groups excluding carboxylic acids is 1. The monoisotopic (exact) mass is 247 g/mol. The molecule has 0 amide bonds. The van der Waals surface area contributed by atoms with Crippen molar-refractivity contribution in [3.8, 4) is 5.75 Å². The van der Waals surface area contributed by atoms with Gasteiger partial charge in [0, 0.05) is 25.2 Å². The Labute approximate surface area is 109 Å². The van der Waals surface area contributed by atoms with Gasteiger partial charge in [-0.25, -0.2) is 0 Å². The van der Waals surface area contributed by atoms with Crippen LogP contribution in [-0.2, 0) is 4.79 Å². The average Bonchev–Trinajstić information content (AvgIpc) is 2.40. The molecule has 1 aliphatic rings. The van der Waals surface area contributed by atoms with E-state index < -0.39 is 0 Å². The van der Waals surface area contributed by atoms with Crippen LogP contribution in [0.4, 0.5) is 5.69 Å². The van der Waals surface area contributed by atoms with Crippen molar-refractivity contribution in [1.82, 2.24) is 0 Å². The number of piperidine rings is 1. The molecule has 1 heterocycles. The van der Waals surface area contributed by atoms with Crippen molar-refractivity contribution in [2.75, 3.05) is 25.1 Å². The fraction of sp³-hybridized carbons (Fsp3) is 0.533. The van der Waals surface area contributed by atoms with Crippen molar-refractivity contribution in [1.29, 1.82) is 0 Å². The van der Waals surface area contributed by atoms with Crippen molar-refractivity contribution in [3.05, 3.63) is 23.8 Å². The summed E-state index contributed by atoms with van der Waals surface area (Å²) in [5.74, 6) is 1.52. The van der Waals surface area contributed by atoms with Crippen LogP contribution in [0.5, 0.6) is 5.75 Å². The lowest BCUT2D eigenvalue weighted by Crippen LogP contribution is -2.33. The molecule has 0 spiro atoms. The van der Waals surface area contributed by atoms with Gasteiger partial charge >= 0.3 is 0 Å². The van der Waals surface area contributed by atoms with Crippen LogP contribution in [0, 0.1) is 12.8 Å². The lowest BCUT2D eigenvalue weighted by Gasteiger charge is -2.33. The van der Waals surface area contributed by atoms with Crippen molar-refractivity contribution in [3.63, 3.8) is 0 Å². The molecule has 0 N–H and O–H groups in total. The van der Waals surface area contributed by atoms with E-state index in [0.29, 0.717) is 5.92 Å². The molecular weight excluding hydrogens is 226 g/mol. The van der Waals surface area contributed by atoms with E-state index in [1.165, 1.54) is 11.3 Å². The third kappa shape index (κ3) is 2.84. The van der Waals surface area contributed by atoms with Crippen LogP contribution in [0.15, 0.2) is 18.2 Å². The molecule has 98 valence electrons. The summed E-state index contributed by atoms with van der Waals surface area (Å²) in [5.41, 5.74) is 2.43. The molecule has 1 aromatic carbocycles. The number of aldehydes is 1. The van der Waals surface area contributed by atoms with Gasteiger partial charge in [-0.3, -0.25) is 0 Å². The number of methoxy groups -OCH3 is 1. The largest absolute Gasteiger partial charge is 0.496 e. The minimum atomic E-state index is 0.582. The number of hydrogen-bond acceptors (Lipinski definition) is 3. The first-order valence-corrected chi connectivity index (χ1v) is 6.58.